The summed E-state index contributed by atoms with van der Waals surface area (Å²) in [6, 6.07) is 3.63. The van der Waals surface area contributed by atoms with E-state index in [1.165, 1.54) is 6.26 Å². The first kappa shape index (κ1) is 24.7. The summed E-state index contributed by atoms with van der Waals surface area (Å²) in [6.45, 7) is 12.4. The van der Waals surface area contributed by atoms with Crippen molar-refractivity contribution in [1.82, 2.24) is 9.03 Å². The van der Waals surface area contributed by atoms with Crippen LogP contribution < -0.4 is 4.72 Å². The van der Waals surface area contributed by atoms with E-state index in [1.807, 2.05) is 39.8 Å². The molecule has 2 unspecified atom stereocenters. The maximum Gasteiger partial charge on any atom is 0.241 e. The molecule has 0 saturated carbocycles. The van der Waals surface area contributed by atoms with E-state index in [0.29, 0.717) is 23.7 Å². The van der Waals surface area contributed by atoms with Crippen LogP contribution in [0.15, 0.2) is 17.0 Å². The second-order valence-corrected chi connectivity index (χ2v) is 13.8. The summed E-state index contributed by atoms with van der Waals surface area (Å²) in [6.07, 6.45) is 3.91. The van der Waals surface area contributed by atoms with E-state index in [4.69, 9.17) is 0 Å². The Balaban J connectivity index is 1.98. The van der Waals surface area contributed by atoms with Crippen molar-refractivity contribution in [3.63, 3.8) is 0 Å². The number of hydrogen-bond acceptors (Lipinski definition) is 4. The second-order valence-electron chi connectivity index (χ2n) is 10.3. The molecule has 6 nitrogen and oxygen atoms in total. The molecule has 1 aromatic carbocycles. The molecule has 176 valence electrons. The summed E-state index contributed by atoms with van der Waals surface area (Å²) in [5.74, 6) is 0.465. The predicted octanol–water partition coefficient (Wildman–Crippen LogP) is 4.29. The lowest BCUT2D eigenvalue weighted by molar-refractivity contribution is 0.221. The summed E-state index contributed by atoms with van der Waals surface area (Å²) >= 11 is 0. The van der Waals surface area contributed by atoms with Crippen LogP contribution >= 0.6 is 0 Å². The van der Waals surface area contributed by atoms with Crippen molar-refractivity contribution in [2.75, 3.05) is 6.26 Å². The predicted molar refractivity (Wildman–Crippen MR) is 126 cm³/mol. The van der Waals surface area contributed by atoms with Crippen molar-refractivity contribution < 1.29 is 16.8 Å². The van der Waals surface area contributed by atoms with Crippen LogP contribution in [0.3, 0.4) is 0 Å². The first-order valence-corrected chi connectivity index (χ1v) is 14.7. The Hall–Kier alpha value is -0.960. The third-order valence-corrected chi connectivity index (χ3v) is 9.73. The third kappa shape index (κ3) is 5.02. The third-order valence-electron chi connectivity index (χ3n) is 6.72. The average Bonchev–Trinajstić information content (AvgIpc) is 2.92. The van der Waals surface area contributed by atoms with Crippen molar-refractivity contribution in [2.24, 2.45) is 0 Å². The topological polar surface area (TPSA) is 83.6 Å². The lowest BCUT2D eigenvalue weighted by atomic mass is 9.89. The minimum atomic E-state index is -3.74. The fourth-order valence-corrected chi connectivity index (χ4v) is 8.68. The zero-order valence-electron chi connectivity index (χ0n) is 19.8. The van der Waals surface area contributed by atoms with Gasteiger partial charge in [0.2, 0.25) is 20.0 Å². The number of piperidine rings is 1. The van der Waals surface area contributed by atoms with Crippen molar-refractivity contribution in [1.29, 1.82) is 0 Å². The largest absolute Gasteiger partial charge is 0.241 e. The van der Waals surface area contributed by atoms with Gasteiger partial charge in [-0.2, -0.15) is 4.31 Å². The summed E-state index contributed by atoms with van der Waals surface area (Å²) < 4.78 is 56.3. The molecule has 8 heteroatoms. The van der Waals surface area contributed by atoms with Gasteiger partial charge in [-0.25, -0.2) is 21.6 Å². The van der Waals surface area contributed by atoms with E-state index in [1.54, 1.807) is 4.31 Å². The quantitative estimate of drug-likeness (QED) is 0.644. The molecule has 2 atom stereocenters. The molecule has 1 aromatic rings. The lowest BCUT2D eigenvalue weighted by Crippen LogP contribution is -2.52. The first-order chi connectivity index (χ1) is 14.2. The molecule has 0 radical (unpaired) electrons. The van der Waals surface area contributed by atoms with E-state index in [2.05, 4.69) is 18.6 Å². The minimum absolute atomic E-state index is 0.0750. The van der Waals surface area contributed by atoms with E-state index >= 15 is 0 Å². The second kappa shape index (κ2) is 8.76. The van der Waals surface area contributed by atoms with Gasteiger partial charge < -0.3 is 0 Å². The lowest BCUT2D eigenvalue weighted by Gasteiger charge is -2.37. The number of benzene rings is 1. The number of fused-ring (bicyclic) bond motifs is 2. The van der Waals surface area contributed by atoms with Crippen LogP contribution in [0.1, 0.15) is 102 Å². The summed E-state index contributed by atoms with van der Waals surface area (Å²) in [5.41, 5.74) is 2.88. The van der Waals surface area contributed by atoms with Gasteiger partial charge in [0.1, 0.15) is 0 Å². The van der Waals surface area contributed by atoms with E-state index in [9.17, 15) is 16.8 Å². The molecular weight excluding hydrogens is 432 g/mol. The highest BCUT2D eigenvalue weighted by atomic mass is 32.2. The fourth-order valence-electron chi connectivity index (χ4n) is 5.25. The Kier molecular flexibility index (Phi) is 6.98. The van der Waals surface area contributed by atoms with Gasteiger partial charge in [0.15, 0.2) is 0 Å². The van der Waals surface area contributed by atoms with Gasteiger partial charge in [0.25, 0.3) is 0 Å². The molecule has 1 N–H and O–H groups in total. The highest BCUT2D eigenvalue weighted by Gasteiger charge is 2.46. The van der Waals surface area contributed by atoms with Gasteiger partial charge in [-0.15, -0.1) is 0 Å². The van der Waals surface area contributed by atoms with Crippen molar-refractivity contribution in [3.05, 3.63) is 28.8 Å². The van der Waals surface area contributed by atoms with Gasteiger partial charge in [0.05, 0.1) is 11.2 Å². The Bertz CT molecular complexity index is 987. The maximum absolute atomic E-state index is 13.7. The highest BCUT2D eigenvalue weighted by Crippen LogP contribution is 2.39. The number of rotatable bonds is 7. The summed E-state index contributed by atoms with van der Waals surface area (Å²) in [4.78, 5) is 0.416. The van der Waals surface area contributed by atoms with Crippen LogP contribution in [0.2, 0.25) is 0 Å². The minimum Gasteiger partial charge on any atom is -0.212 e. The van der Waals surface area contributed by atoms with Crippen LogP contribution in [0, 0.1) is 0 Å². The van der Waals surface area contributed by atoms with Gasteiger partial charge in [-0.05, 0) is 60.1 Å². The average molecular weight is 471 g/mol. The Morgan fingerprint density at radius 3 is 1.65 bits per heavy atom. The zero-order valence-corrected chi connectivity index (χ0v) is 21.5. The Morgan fingerprint density at radius 1 is 0.839 bits per heavy atom. The molecule has 2 heterocycles. The SMILES string of the molecule is CC(C)c1cc(C(C)C)c(S(=O)(=O)NC2CC3CCC(C2)N3S(C)(=O)=O)c(C(C)C)c1. The number of sulfonamides is 2. The molecule has 2 aliphatic heterocycles. The van der Waals surface area contributed by atoms with Gasteiger partial charge in [-0.3, -0.25) is 0 Å². The zero-order chi connectivity index (χ0) is 23.3. The molecule has 0 amide bonds. The number of hydrogen-bond donors (Lipinski definition) is 1. The number of nitrogens with zero attached hydrogens (tertiary/aromatic N) is 1. The molecule has 0 aliphatic carbocycles. The Morgan fingerprint density at radius 2 is 1.29 bits per heavy atom. The van der Waals surface area contributed by atoms with E-state index in [0.717, 1.165) is 29.5 Å². The fraction of sp³-hybridized carbons (Fsp3) is 0.739. The van der Waals surface area contributed by atoms with E-state index in [-0.39, 0.29) is 30.0 Å². The molecule has 2 aliphatic rings. The van der Waals surface area contributed by atoms with Gasteiger partial charge in [0, 0.05) is 18.1 Å². The number of nitrogens with one attached hydrogen (secondary N) is 1. The van der Waals surface area contributed by atoms with Crippen molar-refractivity contribution in [3.8, 4) is 0 Å². The summed E-state index contributed by atoms with van der Waals surface area (Å²) in [5, 5.41) is 0. The van der Waals surface area contributed by atoms with Crippen LogP contribution in [-0.2, 0) is 20.0 Å². The van der Waals surface area contributed by atoms with Crippen LogP contribution in [0.4, 0.5) is 0 Å². The molecule has 0 spiro atoms. The van der Waals surface area contributed by atoms with Crippen molar-refractivity contribution >= 4 is 20.0 Å². The van der Waals surface area contributed by atoms with Gasteiger partial charge >= 0.3 is 0 Å². The monoisotopic (exact) mass is 470 g/mol. The molecular formula is C23H38N2O4S2. The molecule has 2 fully saturated rings. The molecule has 2 saturated heterocycles. The molecule has 0 aromatic heterocycles. The molecule has 31 heavy (non-hydrogen) atoms. The van der Waals surface area contributed by atoms with Gasteiger partial charge in [-0.1, -0.05) is 53.7 Å². The smallest absolute Gasteiger partial charge is 0.212 e. The normalized spacial score (nSPS) is 25.2. The van der Waals surface area contributed by atoms with Crippen LogP contribution in [0.25, 0.3) is 0 Å². The maximum atomic E-state index is 13.7. The standard InChI is InChI=1S/C23H38N2O4S2/c1-14(2)17-10-21(15(3)4)23(22(11-17)16(5)6)31(28,29)24-18-12-19-8-9-20(13-18)25(19)30(7,26)27/h10-11,14-16,18-20,24H,8-9,12-13H2,1-7H3. The molecule has 3 rings (SSSR count). The highest BCUT2D eigenvalue weighted by molar-refractivity contribution is 7.89. The molecule has 2 bridgehead atoms. The Labute approximate surface area is 188 Å². The van der Waals surface area contributed by atoms with E-state index < -0.39 is 20.0 Å². The summed E-state index contributed by atoms with van der Waals surface area (Å²) in [7, 11) is -7.02. The first-order valence-electron chi connectivity index (χ1n) is 11.4. The van der Waals surface area contributed by atoms with Crippen LogP contribution in [-0.4, -0.2) is 45.5 Å². The van der Waals surface area contributed by atoms with Crippen LogP contribution in [0.5, 0.6) is 0 Å². The van der Waals surface area contributed by atoms with Crippen molar-refractivity contribution in [2.45, 2.75) is 108 Å².